The molecule has 0 fully saturated rings. The summed E-state index contributed by atoms with van der Waals surface area (Å²) >= 11 is 5.83. The van der Waals surface area contributed by atoms with Gasteiger partial charge in [-0.1, -0.05) is 30.7 Å². The summed E-state index contributed by atoms with van der Waals surface area (Å²) in [6.07, 6.45) is 1.92. The smallest absolute Gasteiger partial charge is 0.0408 e. The molecule has 0 bridgehead atoms. The Morgan fingerprint density at radius 2 is 2.25 bits per heavy atom. The molecule has 0 saturated carbocycles. The molecule has 0 aliphatic rings. The van der Waals surface area contributed by atoms with E-state index in [2.05, 4.69) is 13.0 Å². The van der Waals surface area contributed by atoms with E-state index >= 15 is 0 Å². The van der Waals surface area contributed by atoms with E-state index in [4.69, 9.17) is 17.3 Å². The summed E-state index contributed by atoms with van der Waals surface area (Å²) in [5.74, 6) is 0. The molecule has 0 heterocycles. The first kappa shape index (κ1) is 9.56. The Bertz CT molecular complexity index is 247. The second-order valence-electron chi connectivity index (χ2n) is 3.00. The van der Waals surface area contributed by atoms with Crippen LogP contribution in [0.5, 0.6) is 0 Å². The predicted octanol–water partition coefficient (Wildman–Crippen LogP) is 2.62. The number of hydrogen-bond donors (Lipinski definition) is 1. The molecular formula is C10H14ClN. The molecule has 0 aliphatic heterocycles. The molecule has 0 amide bonds. The van der Waals surface area contributed by atoms with E-state index in [0.29, 0.717) is 0 Å². The number of halogens is 1. The van der Waals surface area contributed by atoms with Crippen molar-refractivity contribution in [2.75, 3.05) is 0 Å². The molecule has 66 valence electrons. The zero-order valence-electron chi connectivity index (χ0n) is 7.26. The molecule has 1 atom stereocenters. The lowest BCUT2D eigenvalue weighted by atomic mass is 10.1. The van der Waals surface area contributed by atoms with Gasteiger partial charge in [-0.3, -0.25) is 0 Å². The lowest BCUT2D eigenvalue weighted by molar-refractivity contribution is 0.646. The highest BCUT2D eigenvalue weighted by Crippen LogP contribution is 2.12. The van der Waals surface area contributed by atoms with Gasteiger partial charge in [0.1, 0.15) is 0 Å². The minimum absolute atomic E-state index is 0.253. The van der Waals surface area contributed by atoms with Gasteiger partial charge in [-0.05, 0) is 30.5 Å². The highest BCUT2D eigenvalue weighted by Gasteiger charge is 2.00. The molecule has 0 aromatic heterocycles. The maximum absolute atomic E-state index is 5.83. The van der Waals surface area contributed by atoms with Crippen LogP contribution in [0.1, 0.15) is 18.9 Å². The van der Waals surface area contributed by atoms with Gasteiger partial charge in [0.15, 0.2) is 0 Å². The van der Waals surface area contributed by atoms with Gasteiger partial charge in [0.2, 0.25) is 0 Å². The Balaban J connectivity index is 2.63. The Kier molecular flexibility index (Phi) is 3.57. The predicted molar refractivity (Wildman–Crippen MR) is 53.4 cm³/mol. The fourth-order valence-corrected chi connectivity index (χ4v) is 1.32. The summed E-state index contributed by atoms with van der Waals surface area (Å²) in [5, 5.41) is 0.788. The highest BCUT2D eigenvalue weighted by atomic mass is 35.5. The molecule has 0 saturated heterocycles. The van der Waals surface area contributed by atoms with Crippen LogP contribution in [0.3, 0.4) is 0 Å². The largest absolute Gasteiger partial charge is 0.327 e. The van der Waals surface area contributed by atoms with E-state index in [1.54, 1.807) is 0 Å². The first-order valence-electron chi connectivity index (χ1n) is 4.22. The third-order valence-corrected chi connectivity index (χ3v) is 2.15. The fourth-order valence-electron chi connectivity index (χ4n) is 1.11. The average molecular weight is 184 g/mol. The minimum Gasteiger partial charge on any atom is -0.327 e. The van der Waals surface area contributed by atoms with Gasteiger partial charge in [-0.25, -0.2) is 0 Å². The van der Waals surface area contributed by atoms with Crippen LogP contribution in [0.25, 0.3) is 0 Å². The van der Waals surface area contributed by atoms with Crippen LogP contribution in [0.2, 0.25) is 5.02 Å². The zero-order valence-corrected chi connectivity index (χ0v) is 8.01. The van der Waals surface area contributed by atoms with Crippen LogP contribution in [-0.2, 0) is 6.42 Å². The molecule has 0 aliphatic carbocycles. The van der Waals surface area contributed by atoms with Crippen LogP contribution in [0.4, 0.5) is 0 Å². The molecule has 1 rings (SSSR count). The van der Waals surface area contributed by atoms with Crippen molar-refractivity contribution in [1.82, 2.24) is 0 Å². The Morgan fingerprint density at radius 1 is 1.50 bits per heavy atom. The molecule has 1 unspecified atom stereocenters. The van der Waals surface area contributed by atoms with Gasteiger partial charge >= 0.3 is 0 Å². The third kappa shape index (κ3) is 2.84. The molecule has 1 aromatic rings. The van der Waals surface area contributed by atoms with Crippen molar-refractivity contribution in [3.8, 4) is 0 Å². The molecule has 0 radical (unpaired) electrons. The zero-order chi connectivity index (χ0) is 8.97. The Hall–Kier alpha value is -0.530. The molecule has 12 heavy (non-hydrogen) atoms. The molecular weight excluding hydrogens is 170 g/mol. The van der Waals surface area contributed by atoms with Gasteiger partial charge < -0.3 is 5.73 Å². The van der Waals surface area contributed by atoms with Crippen molar-refractivity contribution in [3.05, 3.63) is 34.9 Å². The summed E-state index contributed by atoms with van der Waals surface area (Å²) < 4.78 is 0. The first-order valence-corrected chi connectivity index (χ1v) is 4.60. The van der Waals surface area contributed by atoms with E-state index in [1.165, 1.54) is 5.56 Å². The fraction of sp³-hybridized carbons (Fsp3) is 0.400. The monoisotopic (exact) mass is 183 g/mol. The van der Waals surface area contributed by atoms with E-state index < -0.39 is 0 Å². The van der Waals surface area contributed by atoms with Crippen molar-refractivity contribution in [2.24, 2.45) is 5.73 Å². The maximum Gasteiger partial charge on any atom is 0.0408 e. The van der Waals surface area contributed by atoms with Crippen LogP contribution in [0, 0.1) is 0 Å². The molecule has 0 spiro atoms. The van der Waals surface area contributed by atoms with Crippen molar-refractivity contribution in [3.63, 3.8) is 0 Å². The summed E-state index contributed by atoms with van der Waals surface area (Å²) in [4.78, 5) is 0. The summed E-state index contributed by atoms with van der Waals surface area (Å²) in [7, 11) is 0. The SMILES string of the molecule is CCC(N)Cc1cccc(Cl)c1. The van der Waals surface area contributed by atoms with Crippen LogP contribution in [-0.4, -0.2) is 6.04 Å². The molecule has 1 nitrogen and oxygen atoms in total. The van der Waals surface area contributed by atoms with Crippen LogP contribution >= 0.6 is 11.6 Å². The molecule has 2 heteroatoms. The average Bonchev–Trinajstić information content (AvgIpc) is 2.04. The number of nitrogens with two attached hydrogens (primary N) is 1. The maximum atomic E-state index is 5.83. The second-order valence-corrected chi connectivity index (χ2v) is 3.44. The minimum atomic E-state index is 0.253. The number of rotatable bonds is 3. The molecule has 1 aromatic carbocycles. The summed E-state index contributed by atoms with van der Waals surface area (Å²) in [6, 6.07) is 8.12. The van der Waals surface area contributed by atoms with Gasteiger partial charge in [-0.15, -0.1) is 0 Å². The summed E-state index contributed by atoms with van der Waals surface area (Å²) in [5.41, 5.74) is 7.03. The first-order chi connectivity index (χ1) is 5.72. The van der Waals surface area contributed by atoms with Gasteiger partial charge in [0, 0.05) is 11.1 Å². The Labute approximate surface area is 78.5 Å². The lowest BCUT2D eigenvalue weighted by Crippen LogP contribution is -2.21. The van der Waals surface area contributed by atoms with E-state index in [9.17, 15) is 0 Å². The standard InChI is InChI=1S/C10H14ClN/c1-2-10(12)7-8-4-3-5-9(11)6-8/h3-6,10H,2,7,12H2,1H3. The second kappa shape index (κ2) is 4.48. The van der Waals surface area contributed by atoms with Gasteiger partial charge in [0.05, 0.1) is 0 Å². The lowest BCUT2D eigenvalue weighted by Gasteiger charge is -2.08. The third-order valence-electron chi connectivity index (χ3n) is 1.91. The van der Waals surface area contributed by atoms with Crippen LogP contribution in [0.15, 0.2) is 24.3 Å². The van der Waals surface area contributed by atoms with E-state index in [0.717, 1.165) is 17.9 Å². The quantitative estimate of drug-likeness (QED) is 0.766. The number of benzene rings is 1. The van der Waals surface area contributed by atoms with Crippen LogP contribution < -0.4 is 5.73 Å². The summed E-state index contributed by atoms with van der Waals surface area (Å²) in [6.45, 7) is 2.09. The Morgan fingerprint density at radius 3 is 2.83 bits per heavy atom. The molecule has 2 N–H and O–H groups in total. The normalized spacial score (nSPS) is 12.9. The van der Waals surface area contributed by atoms with Crippen molar-refractivity contribution in [2.45, 2.75) is 25.8 Å². The van der Waals surface area contributed by atoms with Gasteiger partial charge in [0.25, 0.3) is 0 Å². The van der Waals surface area contributed by atoms with Crippen molar-refractivity contribution >= 4 is 11.6 Å². The van der Waals surface area contributed by atoms with Crippen molar-refractivity contribution < 1.29 is 0 Å². The van der Waals surface area contributed by atoms with E-state index in [-0.39, 0.29) is 6.04 Å². The number of hydrogen-bond acceptors (Lipinski definition) is 1. The highest BCUT2D eigenvalue weighted by molar-refractivity contribution is 6.30. The van der Waals surface area contributed by atoms with Crippen molar-refractivity contribution in [1.29, 1.82) is 0 Å². The van der Waals surface area contributed by atoms with E-state index in [1.807, 2.05) is 18.2 Å². The topological polar surface area (TPSA) is 26.0 Å². The van der Waals surface area contributed by atoms with Gasteiger partial charge in [-0.2, -0.15) is 0 Å².